The minimum Gasteiger partial charge on any atom is -0.370 e. The van der Waals surface area contributed by atoms with Crippen LogP contribution < -0.4 is 5.32 Å². The predicted octanol–water partition coefficient (Wildman–Crippen LogP) is 2.40. The number of hydrogen-bond acceptors (Lipinski definition) is 4. The van der Waals surface area contributed by atoms with Gasteiger partial charge in [0.2, 0.25) is 11.8 Å². The van der Waals surface area contributed by atoms with Crippen LogP contribution in [0.5, 0.6) is 0 Å². The van der Waals surface area contributed by atoms with Gasteiger partial charge in [-0.3, -0.25) is 9.59 Å². The van der Waals surface area contributed by atoms with E-state index in [9.17, 15) is 9.59 Å². The van der Waals surface area contributed by atoms with Gasteiger partial charge in [-0.1, -0.05) is 36.4 Å². The molecule has 0 aliphatic carbocycles. The summed E-state index contributed by atoms with van der Waals surface area (Å²) in [5.74, 6) is -0.195. The van der Waals surface area contributed by atoms with Gasteiger partial charge < -0.3 is 15.0 Å². The second kappa shape index (κ2) is 8.27. The lowest BCUT2D eigenvalue weighted by molar-refractivity contribution is -0.142. The van der Waals surface area contributed by atoms with Crippen molar-refractivity contribution in [1.29, 1.82) is 0 Å². The fourth-order valence-electron chi connectivity index (χ4n) is 2.92. The Morgan fingerprint density at radius 2 is 2.08 bits per heavy atom. The van der Waals surface area contributed by atoms with E-state index in [1.807, 2.05) is 47.8 Å². The van der Waals surface area contributed by atoms with Crippen molar-refractivity contribution >= 4 is 23.2 Å². The third-order valence-electron chi connectivity index (χ3n) is 4.21. The summed E-state index contributed by atoms with van der Waals surface area (Å²) < 4.78 is 5.80. The minimum absolute atomic E-state index is 0.0660. The maximum atomic E-state index is 12.7. The Hall–Kier alpha value is -2.18. The molecule has 1 aromatic carbocycles. The molecular weight excluding hydrogens is 336 g/mol. The van der Waals surface area contributed by atoms with E-state index in [2.05, 4.69) is 5.32 Å². The Balaban J connectivity index is 1.55. The highest BCUT2D eigenvalue weighted by molar-refractivity contribution is 7.10. The molecule has 1 fully saturated rings. The minimum atomic E-state index is -0.540. The number of carbonyl (C=O) groups excluding carboxylic acids is 2. The number of morpholine rings is 1. The molecule has 2 amide bonds. The number of amides is 2. The second-order valence-corrected chi connectivity index (χ2v) is 7.13. The molecule has 0 bridgehead atoms. The zero-order chi connectivity index (χ0) is 17.6. The van der Waals surface area contributed by atoms with Crippen molar-refractivity contribution in [2.45, 2.75) is 25.5 Å². The molecule has 1 unspecified atom stereocenters. The largest absolute Gasteiger partial charge is 0.370 e. The van der Waals surface area contributed by atoms with Gasteiger partial charge in [0.1, 0.15) is 12.1 Å². The second-order valence-electron chi connectivity index (χ2n) is 6.10. The Labute approximate surface area is 151 Å². The summed E-state index contributed by atoms with van der Waals surface area (Å²) in [6.07, 6.45) is 0.193. The SMILES string of the molecule is C[C@H](NC(=O)Cc1cccs1)C(=O)N1CCOC(c2ccccc2)C1. The van der Waals surface area contributed by atoms with E-state index in [4.69, 9.17) is 4.74 Å². The Morgan fingerprint density at radius 1 is 1.28 bits per heavy atom. The highest BCUT2D eigenvalue weighted by atomic mass is 32.1. The topological polar surface area (TPSA) is 58.6 Å². The number of ether oxygens (including phenoxy) is 1. The molecule has 2 aromatic rings. The van der Waals surface area contributed by atoms with Gasteiger partial charge in [0.15, 0.2) is 0 Å². The van der Waals surface area contributed by atoms with Crippen molar-refractivity contribution in [1.82, 2.24) is 10.2 Å². The molecule has 0 spiro atoms. The molecule has 1 N–H and O–H groups in total. The number of hydrogen-bond donors (Lipinski definition) is 1. The molecule has 1 saturated heterocycles. The summed E-state index contributed by atoms with van der Waals surface area (Å²) in [6.45, 7) is 3.30. The monoisotopic (exact) mass is 358 g/mol. The van der Waals surface area contributed by atoms with Crippen LogP contribution in [0.1, 0.15) is 23.5 Å². The van der Waals surface area contributed by atoms with Crippen LogP contribution in [0.3, 0.4) is 0 Å². The summed E-state index contributed by atoms with van der Waals surface area (Å²) in [5.41, 5.74) is 1.06. The molecule has 2 atom stereocenters. The molecule has 0 saturated carbocycles. The Kier molecular flexibility index (Phi) is 5.83. The lowest BCUT2D eigenvalue weighted by atomic mass is 10.1. The summed E-state index contributed by atoms with van der Waals surface area (Å²) in [6, 6.07) is 13.2. The zero-order valence-corrected chi connectivity index (χ0v) is 15.0. The number of carbonyl (C=O) groups is 2. The molecule has 25 heavy (non-hydrogen) atoms. The quantitative estimate of drug-likeness (QED) is 0.893. The fourth-order valence-corrected chi connectivity index (χ4v) is 3.62. The normalized spacial score (nSPS) is 18.6. The lowest BCUT2D eigenvalue weighted by Gasteiger charge is -2.34. The van der Waals surface area contributed by atoms with Crippen molar-refractivity contribution in [2.24, 2.45) is 0 Å². The first-order chi connectivity index (χ1) is 12.1. The maximum absolute atomic E-state index is 12.7. The molecule has 1 aromatic heterocycles. The van der Waals surface area contributed by atoms with Gasteiger partial charge in [0.05, 0.1) is 19.6 Å². The fraction of sp³-hybridized carbons (Fsp3) is 0.368. The smallest absolute Gasteiger partial charge is 0.245 e. The van der Waals surface area contributed by atoms with Crippen LogP contribution in [-0.2, 0) is 20.7 Å². The van der Waals surface area contributed by atoms with Crippen molar-refractivity contribution in [3.8, 4) is 0 Å². The number of nitrogens with one attached hydrogen (secondary N) is 1. The number of nitrogens with zero attached hydrogens (tertiary/aromatic N) is 1. The van der Waals surface area contributed by atoms with Crippen LogP contribution in [-0.4, -0.2) is 42.5 Å². The number of rotatable bonds is 5. The first-order valence-corrected chi connectivity index (χ1v) is 9.28. The summed E-state index contributed by atoms with van der Waals surface area (Å²) >= 11 is 1.54. The van der Waals surface area contributed by atoms with E-state index in [-0.39, 0.29) is 17.9 Å². The van der Waals surface area contributed by atoms with Gasteiger partial charge in [-0.15, -0.1) is 11.3 Å². The molecular formula is C19H22N2O3S. The average Bonchev–Trinajstić information content (AvgIpc) is 3.14. The molecule has 6 heteroatoms. The van der Waals surface area contributed by atoms with Crippen molar-refractivity contribution < 1.29 is 14.3 Å². The lowest BCUT2D eigenvalue weighted by Crippen LogP contribution is -2.51. The van der Waals surface area contributed by atoms with E-state index in [1.165, 1.54) is 0 Å². The average molecular weight is 358 g/mol. The Morgan fingerprint density at radius 3 is 2.80 bits per heavy atom. The van der Waals surface area contributed by atoms with Gasteiger partial charge in [-0.05, 0) is 23.9 Å². The first kappa shape index (κ1) is 17.6. The molecule has 0 radical (unpaired) electrons. The van der Waals surface area contributed by atoms with Crippen LogP contribution in [0.2, 0.25) is 0 Å². The van der Waals surface area contributed by atoms with Crippen LogP contribution in [0.15, 0.2) is 47.8 Å². The highest BCUT2D eigenvalue weighted by Gasteiger charge is 2.28. The maximum Gasteiger partial charge on any atom is 0.245 e. The van der Waals surface area contributed by atoms with Crippen molar-refractivity contribution in [3.63, 3.8) is 0 Å². The van der Waals surface area contributed by atoms with Gasteiger partial charge in [-0.25, -0.2) is 0 Å². The predicted molar refractivity (Wildman–Crippen MR) is 97.3 cm³/mol. The molecule has 5 nitrogen and oxygen atoms in total. The van der Waals surface area contributed by atoms with Crippen LogP contribution >= 0.6 is 11.3 Å². The molecule has 1 aliphatic rings. The zero-order valence-electron chi connectivity index (χ0n) is 14.2. The number of thiophene rings is 1. The van der Waals surface area contributed by atoms with E-state index in [1.54, 1.807) is 23.2 Å². The number of benzene rings is 1. The van der Waals surface area contributed by atoms with Gasteiger partial charge in [0, 0.05) is 11.4 Å². The van der Waals surface area contributed by atoms with Crippen LogP contribution in [0.4, 0.5) is 0 Å². The van der Waals surface area contributed by atoms with Crippen LogP contribution in [0.25, 0.3) is 0 Å². The van der Waals surface area contributed by atoms with Gasteiger partial charge in [-0.2, -0.15) is 0 Å². The first-order valence-electron chi connectivity index (χ1n) is 8.40. The Bertz CT molecular complexity index is 703. The van der Waals surface area contributed by atoms with Crippen molar-refractivity contribution in [2.75, 3.05) is 19.7 Å². The van der Waals surface area contributed by atoms with E-state index in [0.717, 1.165) is 10.4 Å². The molecule has 1 aliphatic heterocycles. The molecule has 2 heterocycles. The van der Waals surface area contributed by atoms with Crippen LogP contribution in [0, 0.1) is 0 Å². The standard InChI is InChI=1S/C19H22N2O3S/c1-14(20-18(22)12-16-8-5-11-25-16)19(23)21-9-10-24-17(13-21)15-6-3-2-4-7-15/h2-8,11,14,17H,9-10,12-13H2,1H3,(H,20,22)/t14-,17?/m0/s1. The van der Waals surface area contributed by atoms with Crippen molar-refractivity contribution in [3.05, 3.63) is 58.3 Å². The summed E-state index contributed by atoms with van der Waals surface area (Å²) in [4.78, 5) is 27.5. The third-order valence-corrected chi connectivity index (χ3v) is 5.09. The van der Waals surface area contributed by atoms with Gasteiger partial charge in [0.25, 0.3) is 0 Å². The summed E-state index contributed by atoms with van der Waals surface area (Å²) in [7, 11) is 0. The van der Waals surface area contributed by atoms with E-state index in [0.29, 0.717) is 26.1 Å². The third kappa shape index (κ3) is 4.67. The highest BCUT2D eigenvalue weighted by Crippen LogP contribution is 2.22. The van der Waals surface area contributed by atoms with Gasteiger partial charge >= 0.3 is 0 Å². The van der Waals surface area contributed by atoms with E-state index < -0.39 is 6.04 Å². The van der Waals surface area contributed by atoms with E-state index >= 15 is 0 Å². The summed E-state index contributed by atoms with van der Waals surface area (Å²) in [5, 5.41) is 4.74. The molecule has 3 rings (SSSR count). The molecule has 132 valence electrons.